The Bertz CT molecular complexity index is 982. The van der Waals surface area contributed by atoms with Gasteiger partial charge in [-0.3, -0.25) is 0 Å². The van der Waals surface area contributed by atoms with Gasteiger partial charge in [-0.25, -0.2) is 0 Å². The van der Waals surface area contributed by atoms with E-state index in [-0.39, 0.29) is 0 Å². The molecule has 0 heterocycles. The molecule has 0 saturated heterocycles. The van der Waals surface area contributed by atoms with Crippen molar-refractivity contribution in [3.8, 4) is 17.6 Å². The van der Waals surface area contributed by atoms with Crippen LogP contribution in [0.5, 0.6) is 5.75 Å². The molecule has 3 aromatic rings. The van der Waals surface area contributed by atoms with E-state index in [0.717, 1.165) is 24.4 Å². The molecule has 2 nitrogen and oxygen atoms in total. The zero-order valence-corrected chi connectivity index (χ0v) is 17.8. The van der Waals surface area contributed by atoms with Crippen LogP contribution in [0, 0.1) is 39.5 Å². The Morgan fingerprint density at radius 3 is 1.86 bits per heavy atom. The van der Waals surface area contributed by atoms with Crippen molar-refractivity contribution in [1.29, 1.82) is 0 Å². The average molecular weight is 384 g/mol. The Morgan fingerprint density at radius 2 is 1.24 bits per heavy atom. The van der Waals surface area contributed by atoms with Gasteiger partial charge in [0.05, 0.1) is 0 Å². The van der Waals surface area contributed by atoms with Crippen molar-refractivity contribution in [2.24, 2.45) is 0 Å². The smallest absolute Gasteiger partial charge is 0.149 e. The minimum Gasteiger partial charge on any atom is -0.481 e. The fourth-order valence-corrected chi connectivity index (χ4v) is 3.53. The van der Waals surface area contributed by atoms with Crippen LogP contribution in [0.25, 0.3) is 0 Å². The van der Waals surface area contributed by atoms with Crippen molar-refractivity contribution >= 4 is 0 Å². The van der Waals surface area contributed by atoms with Crippen molar-refractivity contribution in [2.45, 2.75) is 40.8 Å². The Labute approximate surface area is 174 Å². The SMILES string of the molecule is Cc1cc(C)cc(C#CCOc2ccc(CNCc3cc(C)cc(C)c3)cc2)c1. The second kappa shape index (κ2) is 9.96. The highest BCUT2D eigenvalue weighted by molar-refractivity contribution is 5.40. The van der Waals surface area contributed by atoms with Gasteiger partial charge in [-0.15, -0.1) is 0 Å². The number of hydrogen-bond acceptors (Lipinski definition) is 2. The molecule has 0 aliphatic heterocycles. The van der Waals surface area contributed by atoms with Gasteiger partial charge in [0.25, 0.3) is 0 Å². The fourth-order valence-electron chi connectivity index (χ4n) is 3.53. The second-order valence-corrected chi connectivity index (χ2v) is 7.71. The molecule has 0 fully saturated rings. The summed E-state index contributed by atoms with van der Waals surface area (Å²) in [5, 5.41) is 3.51. The van der Waals surface area contributed by atoms with Gasteiger partial charge < -0.3 is 10.1 Å². The standard InChI is InChI=1S/C27H29NO/c1-20-12-21(2)15-25(14-20)6-5-11-29-27-9-7-24(8-10-27)18-28-19-26-16-22(3)13-23(4)17-26/h7-10,12-17,28H,11,18-19H2,1-4H3. The number of benzene rings is 3. The van der Waals surface area contributed by atoms with E-state index >= 15 is 0 Å². The van der Waals surface area contributed by atoms with Crippen molar-refractivity contribution in [2.75, 3.05) is 6.61 Å². The molecule has 0 aliphatic rings. The monoisotopic (exact) mass is 383 g/mol. The normalized spacial score (nSPS) is 10.3. The van der Waals surface area contributed by atoms with Crippen LogP contribution in [-0.2, 0) is 13.1 Å². The minimum atomic E-state index is 0.386. The maximum Gasteiger partial charge on any atom is 0.149 e. The van der Waals surface area contributed by atoms with Gasteiger partial charge in [0, 0.05) is 18.7 Å². The van der Waals surface area contributed by atoms with Gasteiger partial charge in [-0.2, -0.15) is 0 Å². The number of hydrogen-bond donors (Lipinski definition) is 1. The summed E-state index contributed by atoms with van der Waals surface area (Å²) in [4.78, 5) is 0. The molecule has 0 radical (unpaired) electrons. The van der Waals surface area contributed by atoms with Gasteiger partial charge in [0.1, 0.15) is 12.4 Å². The van der Waals surface area contributed by atoms with Crippen LogP contribution in [-0.4, -0.2) is 6.61 Å². The zero-order chi connectivity index (χ0) is 20.6. The lowest BCUT2D eigenvalue weighted by Gasteiger charge is -2.08. The summed E-state index contributed by atoms with van der Waals surface area (Å²) in [6, 6.07) is 21.2. The largest absolute Gasteiger partial charge is 0.481 e. The first-order valence-electron chi connectivity index (χ1n) is 10.0. The van der Waals surface area contributed by atoms with E-state index in [1.54, 1.807) is 0 Å². The molecule has 3 aromatic carbocycles. The van der Waals surface area contributed by atoms with E-state index in [9.17, 15) is 0 Å². The highest BCUT2D eigenvalue weighted by Gasteiger charge is 1.98. The first-order chi connectivity index (χ1) is 14.0. The molecule has 148 valence electrons. The molecule has 0 aromatic heterocycles. The van der Waals surface area contributed by atoms with Crippen molar-refractivity contribution in [3.05, 3.63) is 99.6 Å². The highest BCUT2D eigenvalue weighted by atomic mass is 16.5. The summed E-state index contributed by atoms with van der Waals surface area (Å²) < 4.78 is 5.75. The van der Waals surface area contributed by atoms with E-state index in [4.69, 9.17) is 4.74 Å². The number of aryl methyl sites for hydroxylation is 4. The summed E-state index contributed by atoms with van der Waals surface area (Å²) in [6.45, 7) is 10.6. The third-order valence-corrected chi connectivity index (χ3v) is 4.63. The Morgan fingerprint density at radius 1 is 0.690 bits per heavy atom. The predicted octanol–water partition coefficient (Wildman–Crippen LogP) is 5.64. The lowest BCUT2D eigenvalue weighted by Crippen LogP contribution is -2.12. The highest BCUT2D eigenvalue weighted by Crippen LogP contribution is 2.13. The maximum atomic E-state index is 5.75. The number of nitrogens with one attached hydrogen (secondary N) is 1. The zero-order valence-electron chi connectivity index (χ0n) is 17.8. The summed E-state index contributed by atoms with van der Waals surface area (Å²) in [5.41, 5.74) is 8.69. The third kappa shape index (κ3) is 6.82. The van der Waals surface area contributed by atoms with Gasteiger partial charge in [0.15, 0.2) is 0 Å². The molecule has 1 N–H and O–H groups in total. The number of rotatable bonds is 6. The Hall–Kier alpha value is -3.02. The lowest BCUT2D eigenvalue weighted by molar-refractivity contribution is 0.370. The van der Waals surface area contributed by atoms with Gasteiger partial charge in [-0.05, 0) is 74.2 Å². The van der Waals surface area contributed by atoms with Crippen LogP contribution in [0.2, 0.25) is 0 Å². The summed E-state index contributed by atoms with van der Waals surface area (Å²) in [6.07, 6.45) is 0. The summed E-state index contributed by atoms with van der Waals surface area (Å²) in [5.74, 6) is 7.12. The van der Waals surface area contributed by atoms with Crippen molar-refractivity contribution < 1.29 is 4.74 Å². The topological polar surface area (TPSA) is 21.3 Å². The molecular formula is C27H29NO. The van der Waals surface area contributed by atoms with Crippen LogP contribution in [0.1, 0.15) is 38.9 Å². The third-order valence-electron chi connectivity index (χ3n) is 4.63. The lowest BCUT2D eigenvalue weighted by atomic mass is 10.1. The van der Waals surface area contributed by atoms with Crippen LogP contribution < -0.4 is 10.1 Å². The molecule has 0 bridgehead atoms. The molecule has 0 saturated carbocycles. The van der Waals surface area contributed by atoms with E-state index in [1.165, 1.54) is 33.4 Å². The van der Waals surface area contributed by atoms with E-state index in [1.807, 2.05) is 12.1 Å². The second-order valence-electron chi connectivity index (χ2n) is 7.71. The average Bonchev–Trinajstić information content (AvgIpc) is 2.65. The molecule has 0 amide bonds. The molecule has 2 heteroatoms. The van der Waals surface area contributed by atoms with Crippen LogP contribution >= 0.6 is 0 Å². The van der Waals surface area contributed by atoms with Crippen LogP contribution in [0.4, 0.5) is 0 Å². The van der Waals surface area contributed by atoms with Crippen molar-refractivity contribution in [1.82, 2.24) is 5.32 Å². The van der Waals surface area contributed by atoms with E-state index in [0.29, 0.717) is 6.61 Å². The molecule has 3 rings (SSSR count). The first-order valence-corrected chi connectivity index (χ1v) is 10.0. The first kappa shape index (κ1) is 20.7. The molecule has 0 unspecified atom stereocenters. The Kier molecular flexibility index (Phi) is 7.11. The van der Waals surface area contributed by atoms with E-state index < -0.39 is 0 Å². The predicted molar refractivity (Wildman–Crippen MR) is 121 cm³/mol. The van der Waals surface area contributed by atoms with E-state index in [2.05, 4.69) is 93.4 Å². The van der Waals surface area contributed by atoms with Gasteiger partial charge >= 0.3 is 0 Å². The van der Waals surface area contributed by atoms with Crippen LogP contribution in [0.15, 0.2) is 60.7 Å². The molecule has 0 atom stereocenters. The summed E-state index contributed by atoms with van der Waals surface area (Å²) in [7, 11) is 0. The number of ether oxygens (including phenoxy) is 1. The van der Waals surface area contributed by atoms with Gasteiger partial charge in [0.2, 0.25) is 0 Å². The van der Waals surface area contributed by atoms with Gasteiger partial charge in [-0.1, -0.05) is 59.4 Å². The molecular weight excluding hydrogens is 354 g/mol. The molecule has 0 spiro atoms. The Balaban J connectivity index is 1.46. The molecule has 0 aliphatic carbocycles. The summed E-state index contributed by atoms with van der Waals surface area (Å²) >= 11 is 0. The maximum absolute atomic E-state index is 5.75. The van der Waals surface area contributed by atoms with Crippen molar-refractivity contribution in [3.63, 3.8) is 0 Å². The quantitative estimate of drug-likeness (QED) is 0.556. The fraction of sp³-hybridized carbons (Fsp3) is 0.259. The minimum absolute atomic E-state index is 0.386. The van der Waals surface area contributed by atoms with Crippen LogP contribution in [0.3, 0.4) is 0 Å². The molecule has 29 heavy (non-hydrogen) atoms.